The van der Waals surface area contributed by atoms with E-state index in [-0.39, 0.29) is 5.56 Å². The van der Waals surface area contributed by atoms with E-state index in [4.69, 9.17) is 9.29 Å². The number of benzene rings is 2. The molecule has 1 N–H and O–H groups in total. The molecule has 1 heterocycles. The molecule has 20 heavy (non-hydrogen) atoms. The van der Waals surface area contributed by atoms with Crippen LogP contribution in [0.3, 0.4) is 0 Å². The number of hydrogen-bond donors (Lipinski definition) is 1. The zero-order valence-electron chi connectivity index (χ0n) is 10.1. The standard InChI is InChI=1S/C14H9NO3S2/c16-13(17)9-5-1-3-7-11(9)18-20-14-15-10-6-2-4-8-12(10)19-14/h1-8H,(H,16,17). The molecule has 2 aromatic carbocycles. The van der Waals surface area contributed by atoms with Gasteiger partial charge in [0.25, 0.3) is 0 Å². The number of nitrogens with zero attached hydrogens (tertiary/aromatic N) is 1. The van der Waals surface area contributed by atoms with E-state index < -0.39 is 5.97 Å². The van der Waals surface area contributed by atoms with Gasteiger partial charge in [0, 0.05) is 0 Å². The van der Waals surface area contributed by atoms with E-state index in [2.05, 4.69) is 4.98 Å². The molecule has 1 aromatic heterocycles. The molecular weight excluding hydrogens is 294 g/mol. The highest BCUT2D eigenvalue weighted by Gasteiger charge is 2.12. The lowest BCUT2D eigenvalue weighted by Crippen LogP contribution is -1.98. The second-order valence-electron chi connectivity index (χ2n) is 3.92. The van der Waals surface area contributed by atoms with Gasteiger partial charge in [-0.1, -0.05) is 24.3 Å². The maximum Gasteiger partial charge on any atom is 0.339 e. The van der Waals surface area contributed by atoms with Crippen molar-refractivity contribution in [2.45, 2.75) is 4.34 Å². The zero-order valence-corrected chi connectivity index (χ0v) is 11.8. The van der Waals surface area contributed by atoms with Crippen LogP contribution in [0.25, 0.3) is 10.2 Å². The molecule has 6 heteroatoms. The number of carboxylic acid groups (broad SMARTS) is 1. The Morgan fingerprint density at radius 1 is 1.15 bits per heavy atom. The number of hydrogen-bond acceptors (Lipinski definition) is 5. The molecular formula is C14H9NO3S2. The summed E-state index contributed by atoms with van der Waals surface area (Å²) in [5.74, 6) is -0.685. The lowest BCUT2D eigenvalue weighted by Gasteiger charge is -2.04. The Morgan fingerprint density at radius 3 is 2.70 bits per heavy atom. The third-order valence-electron chi connectivity index (χ3n) is 2.59. The Morgan fingerprint density at radius 2 is 1.90 bits per heavy atom. The molecule has 3 aromatic rings. The van der Waals surface area contributed by atoms with Gasteiger partial charge in [0.15, 0.2) is 10.1 Å². The van der Waals surface area contributed by atoms with Crippen LogP contribution in [0.5, 0.6) is 5.75 Å². The van der Waals surface area contributed by atoms with Crippen molar-refractivity contribution in [3.63, 3.8) is 0 Å². The molecule has 0 radical (unpaired) electrons. The van der Waals surface area contributed by atoms with E-state index >= 15 is 0 Å². The molecule has 0 unspecified atom stereocenters. The molecule has 0 fully saturated rings. The minimum Gasteiger partial charge on any atom is -0.478 e. The number of fused-ring (bicyclic) bond motifs is 1. The van der Waals surface area contributed by atoms with Crippen LogP contribution in [-0.2, 0) is 0 Å². The molecule has 3 rings (SSSR count). The van der Waals surface area contributed by atoms with Crippen LogP contribution >= 0.6 is 23.4 Å². The Balaban J connectivity index is 1.81. The number of aromatic nitrogens is 1. The van der Waals surface area contributed by atoms with E-state index in [1.807, 2.05) is 24.3 Å². The van der Waals surface area contributed by atoms with Crippen molar-refractivity contribution in [3.05, 3.63) is 54.1 Å². The second kappa shape index (κ2) is 5.52. The fourth-order valence-electron chi connectivity index (χ4n) is 1.68. The van der Waals surface area contributed by atoms with Gasteiger partial charge in [-0.2, -0.15) is 0 Å². The van der Waals surface area contributed by atoms with Crippen molar-refractivity contribution in [2.75, 3.05) is 0 Å². The molecule has 0 amide bonds. The van der Waals surface area contributed by atoms with Gasteiger partial charge in [-0.05, 0) is 24.3 Å². The molecule has 0 aliphatic heterocycles. The van der Waals surface area contributed by atoms with Crippen LogP contribution < -0.4 is 4.18 Å². The summed E-state index contributed by atoms with van der Waals surface area (Å²) in [6, 6.07) is 14.3. The largest absolute Gasteiger partial charge is 0.478 e. The van der Waals surface area contributed by atoms with E-state index in [9.17, 15) is 4.79 Å². The summed E-state index contributed by atoms with van der Waals surface area (Å²) in [7, 11) is 0. The van der Waals surface area contributed by atoms with Crippen LogP contribution in [-0.4, -0.2) is 16.1 Å². The van der Waals surface area contributed by atoms with Gasteiger partial charge < -0.3 is 9.29 Å². The molecule has 0 saturated carbocycles. The smallest absolute Gasteiger partial charge is 0.339 e. The highest BCUT2D eigenvalue weighted by atomic mass is 32.2. The average Bonchev–Trinajstić information content (AvgIpc) is 2.88. The summed E-state index contributed by atoms with van der Waals surface area (Å²) >= 11 is 2.59. The van der Waals surface area contributed by atoms with E-state index in [0.29, 0.717) is 5.75 Å². The highest BCUT2D eigenvalue weighted by Crippen LogP contribution is 2.32. The van der Waals surface area contributed by atoms with Crippen LogP contribution in [0.1, 0.15) is 10.4 Å². The topological polar surface area (TPSA) is 59.4 Å². The first-order valence-electron chi connectivity index (χ1n) is 5.76. The van der Waals surface area contributed by atoms with Crippen LogP contribution in [0, 0.1) is 0 Å². The summed E-state index contributed by atoms with van der Waals surface area (Å²) in [4.78, 5) is 15.5. The SMILES string of the molecule is O=C(O)c1ccccc1OSc1nc2ccccc2s1. The quantitative estimate of drug-likeness (QED) is 0.736. The molecule has 100 valence electrons. The number of rotatable bonds is 4. The van der Waals surface area contributed by atoms with Crippen LogP contribution in [0.4, 0.5) is 0 Å². The third-order valence-corrected chi connectivity index (χ3v) is 4.38. The van der Waals surface area contributed by atoms with E-state index in [1.165, 1.54) is 17.4 Å². The molecule has 0 aliphatic carbocycles. The Kier molecular flexibility index (Phi) is 3.58. The molecule has 0 saturated heterocycles. The first-order valence-corrected chi connectivity index (χ1v) is 7.32. The van der Waals surface area contributed by atoms with Crippen LogP contribution in [0.2, 0.25) is 0 Å². The minimum absolute atomic E-state index is 0.140. The lowest BCUT2D eigenvalue weighted by molar-refractivity contribution is 0.0695. The lowest BCUT2D eigenvalue weighted by atomic mass is 10.2. The average molecular weight is 303 g/mol. The van der Waals surface area contributed by atoms with Gasteiger partial charge in [0.1, 0.15) is 17.6 Å². The predicted octanol–water partition coefficient (Wildman–Crippen LogP) is 4.08. The predicted molar refractivity (Wildman–Crippen MR) is 79.5 cm³/mol. The summed E-state index contributed by atoms with van der Waals surface area (Å²) in [6.07, 6.45) is 0. The van der Waals surface area contributed by atoms with Gasteiger partial charge in [-0.15, -0.1) is 11.3 Å². The molecule has 0 aliphatic rings. The third kappa shape index (κ3) is 2.61. The molecule has 4 nitrogen and oxygen atoms in total. The van der Waals surface area contributed by atoms with Gasteiger partial charge in [-0.25, -0.2) is 9.78 Å². The monoisotopic (exact) mass is 303 g/mol. The first-order chi connectivity index (χ1) is 9.74. The van der Waals surface area contributed by atoms with Gasteiger partial charge in [0.2, 0.25) is 0 Å². The van der Waals surface area contributed by atoms with Crippen molar-refractivity contribution in [3.8, 4) is 5.75 Å². The summed E-state index contributed by atoms with van der Waals surface area (Å²) in [5.41, 5.74) is 1.05. The number of carboxylic acids is 1. The summed E-state index contributed by atoms with van der Waals surface area (Å²) in [5, 5.41) is 9.07. The molecule has 0 atom stereocenters. The van der Waals surface area contributed by atoms with Crippen molar-refractivity contribution in [2.24, 2.45) is 0 Å². The second-order valence-corrected chi connectivity index (χ2v) is 5.92. The maximum atomic E-state index is 11.1. The number of carbonyl (C=O) groups is 1. The number of para-hydroxylation sites is 2. The van der Waals surface area contributed by atoms with Gasteiger partial charge in [-0.3, -0.25) is 0 Å². The molecule has 0 bridgehead atoms. The van der Waals surface area contributed by atoms with Crippen molar-refractivity contribution in [1.82, 2.24) is 4.98 Å². The highest BCUT2D eigenvalue weighted by molar-refractivity contribution is 7.97. The normalized spacial score (nSPS) is 10.6. The maximum absolute atomic E-state index is 11.1. The van der Waals surface area contributed by atoms with Gasteiger partial charge >= 0.3 is 5.97 Å². The number of thiazole rings is 1. The fourth-order valence-corrected chi connectivity index (χ4v) is 3.33. The van der Waals surface area contributed by atoms with E-state index in [1.54, 1.807) is 18.2 Å². The first kappa shape index (κ1) is 13.0. The number of aromatic carboxylic acids is 1. The summed E-state index contributed by atoms with van der Waals surface area (Å²) < 4.78 is 7.31. The van der Waals surface area contributed by atoms with Crippen molar-refractivity contribution >= 4 is 39.6 Å². The fraction of sp³-hybridized carbons (Fsp3) is 0. The van der Waals surface area contributed by atoms with Crippen LogP contribution in [0.15, 0.2) is 52.9 Å². The Hall–Kier alpha value is -2.05. The zero-order chi connectivity index (χ0) is 13.9. The van der Waals surface area contributed by atoms with E-state index in [0.717, 1.165) is 26.6 Å². The summed E-state index contributed by atoms with van der Waals surface area (Å²) in [6.45, 7) is 0. The van der Waals surface area contributed by atoms with Crippen molar-refractivity contribution in [1.29, 1.82) is 0 Å². The Bertz CT molecular complexity index is 737. The van der Waals surface area contributed by atoms with Gasteiger partial charge in [0.05, 0.1) is 10.2 Å². The molecule has 0 spiro atoms. The minimum atomic E-state index is -1.01. The Labute approximate surface area is 123 Å². The van der Waals surface area contributed by atoms with Crippen molar-refractivity contribution < 1.29 is 14.1 Å².